The van der Waals surface area contributed by atoms with Crippen LogP contribution in [-0.4, -0.2) is 30.1 Å². The fourth-order valence-corrected chi connectivity index (χ4v) is 0.662. The highest BCUT2D eigenvalue weighted by Gasteiger charge is 1.99. The third-order valence-corrected chi connectivity index (χ3v) is 1.31. The van der Waals surface area contributed by atoms with E-state index in [1.807, 2.05) is 13.8 Å². The van der Waals surface area contributed by atoms with Gasteiger partial charge in [-0.3, -0.25) is 4.79 Å². The summed E-state index contributed by atoms with van der Waals surface area (Å²) < 4.78 is 0. The Morgan fingerprint density at radius 3 is 2.57 bits per heavy atom. The van der Waals surface area contributed by atoms with Gasteiger partial charge in [0.2, 0.25) is 5.91 Å². The van der Waals surface area contributed by atoms with E-state index in [-0.39, 0.29) is 12.5 Å². The fourth-order valence-electron chi connectivity index (χ4n) is 0.662. The Kier molecular flexibility index (Phi) is 6.19. The van der Waals surface area contributed by atoms with Gasteiger partial charge in [-0.25, -0.2) is 4.79 Å². The highest BCUT2D eigenvalue weighted by atomic mass is 16.4. The van der Waals surface area contributed by atoms with Crippen molar-refractivity contribution < 1.29 is 14.7 Å². The normalized spacial score (nSPS) is 10.5. The van der Waals surface area contributed by atoms with E-state index in [1.54, 1.807) is 0 Å². The van der Waals surface area contributed by atoms with Crippen LogP contribution < -0.4 is 10.6 Å². The molecule has 0 radical (unpaired) electrons. The van der Waals surface area contributed by atoms with E-state index in [4.69, 9.17) is 5.11 Å². The van der Waals surface area contributed by atoms with E-state index in [1.165, 1.54) is 6.20 Å². The van der Waals surface area contributed by atoms with Crippen LogP contribution in [0.5, 0.6) is 0 Å². The Balaban J connectivity index is 3.49. The average Bonchev–Trinajstić information content (AvgIpc) is 2.08. The van der Waals surface area contributed by atoms with Crippen LogP contribution in [0, 0.1) is 5.92 Å². The van der Waals surface area contributed by atoms with Gasteiger partial charge in [-0.2, -0.15) is 0 Å². The second-order valence-electron chi connectivity index (χ2n) is 3.25. The Bertz CT molecular complexity index is 224. The number of hydrogen-bond donors (Lipinski definition) is 3. The quantitative estimate of drug-likeness (QED) is 0.525. The van der Waals surface area contributed by atoms with Gasteiger partial charge in [-0.05, 0) is 5.92 Å². The number of hydrogen-bond acceptors (Lipinski definition) is 3. The lowest BCUT2D eigenvalue weighted by molar-refractivity contribution is -0.131. The van der Waals surface area contributed by atoms with Crippen LogP contribution in [0.15, 0.2) is 12.3 Å². The first-order valence-electron chi connectivity index (χ1n) is 4.42. The van der Waals surface area contributed by atoms with Crippen molar-refractivity contribution in [3.05, 3.63) is 12.3 Å². The maximum absolute atomic E-state index is 11.0. The molecule has 5 nitrogen and oxygen atoms in total. The summed E-state index contributed by atoms with van der Waals surface area (Å²) in [5, 5.41) is 13.5. The summed E-state index contributed by atoms with van der Waals surface area (Å²) in [7, 11) is 0. The Morgan fingerprint density at radius 1 is 1.43 bits per heavy atom. The lowest BCUT2D eigenvalue weighted by Crippen LogP contribution is -2.34. The van der Waals surface area contributed by atoms with Gasteiger partial charge in [0.05, 0.1) is 6.54 Å². The van der Waals surface area contributed by atoms with Crippen molar-refractivity contribution in [1.82, 2.24) is 10.6 Å². The Hall–Kier alpha value is -1.52. The summed E-state index contributed by atoms with van der Waals surface area (Å²) in [5.74, 6) is -0.776. The molecule has 0 atom stereocenters. The molecule has 0 spiro atoms. The number of carboxylic acids is 1. The van der Waals surface area contributed by atoms with Crippen molar-refractivity contribution in [2.75, 3.05) is 13.1 Å². The smallest absolute Gasteiger partial charge is 0.329 e. The van der Waals surface area contributed by atoms with E-state index in [0.717, 1.165) is 6.08 Å². The molecule has 0 fully saturated rings. The molecule has 3 N–H and O–H groups in total. The molecule has 0 heterocycles. The van der Waals surface area contributed by atoms with Gasteiger partial charge in [-0.15, -0.1) is 0 Å². The third-order valence-electron chi connectivity index (χ3n) is 1.31. The van der Waals surface area contributed by atoms with Crippen molar-refractivity contribution in [2.24, 2.45) is 5.92 Å². The topological polar surface area (TPSA) is 78.4 Å². The Labute approximate surface area is 83.2 Å². The number of rotatable bonds is 6. The van der Waals surface area contributed by atoms with Crippen LogP contribution in [0.2, 0.25) is 0 Å². The van der Waals surface area contributed by atoms with Crippen LogP contribution >= 0.6 is 0 Å². The molecule has 0 aliphatic carbocycles. The van der Waals surface area contributed by atoms with Crippen molar-refractivity contribution in [3.63, 3.8) is 0 Å². The summed E-state index contributed by atoms with van der Waals surface area (Å²) in [6.07, 6.45) is 2.17. The maximum atomic E-state index is 11.0. The highest BCUT2D eigenvalue weighted by Crippen LogP contribution is 1.86. The van der Waals surface area contributed by atoms with E-state index in [9.17, 15) is 9.59 Å². The average molecular weight is 200 g/mol. The van der Waals surface area contributed by atoms with Crippen LogP contribution in [-0.2, 0) is 9.59 Å². The standard InChI is InChI=1S/C9H16N2O3/c1-7(2)5-11-8(12)6-10-4-3-9(13)14/h3-4,7,10H,5-6H2,1-2H3,(H,11,12)(H,13,14)/b4-3+. The molecule has 14 heavy (non-hydrogen) atoms. The summed E-state index contributed by atoms with van der Waals surface area (Å²) in [5.41, 5.74) is 0. The van der Waals surface area contributed by atoms with E-state index >= 15 is 0 Å². The number of carboxylic acid groups (broad SMARTS) is 1. The molecule has 80 valence electrons. The molecule has 0 unspecified atom stereocenters. The lowest BCUT2D eigenvalue weighted by atomic mass is 10.2. The first-order valence-corrected chi connectivity index (χ1v) is 4.42. The van der Waals surface area contributed by atoms with Gasteiger partial charge in [0.15, 0.2) is 0 Å². The van der Waals surface area contributed by atoms with Gasteiger partial charge < -0.3 is 15.7 Å². The zero-order valence-corrected chi connectivity index (χ0v) is 8.41. The molecular weight excluding hydrogens is 184 g/mol. The molecule has 0 aliphatic rings. The molecule has 0 rings (SSSR count). The molecule has 0 aromatic heterocycles. The molecule has 0 aromatic carbocycles. The SMILES string of the molecule is CC(C)CNC(=O)CN/C=C/C(=O)O. The fraction of sp³-hybridized carbons (Fsp3) is 0.556. The predicted molar refractivity (Wildman–Crippen MR) is 52.6 cm³/mol. The van der Waals surface area contributed by atoms with Gasteiger partial charge in [-0.1, -0.05) is 13.8 Å². The summed E-state index contributed by atoms with van der Waals surface area (Å²) in [6, 6.07) is 0. The van der Waals surface area contributed by atoms with Crippen molar-refractivity contribution in [3.8, 4) is 0 Å². The van der Waals surface area contributed by atoms with Crippen LogP contribution in [0.4, 0.5) is 0 Å². The number of amides is 1. The second kappa shape index (κ2) is 6.94. The first kappa shape index (κ1) is 12.5. The summed E-state index contributed by atoms with van der Waals surface area (Å²) in [4.78, 5) is 21.1. The molecule has 0 aliphatic heterocycles. The summed E-state index contributed by atoms with van der Waals surface area (Å²) in [6.45, 7) is 4.72. The van der Waals surface area contributed by atoms with E-state index < -0.39 is 5.97 Å². The first-order chi connectivity index (χ1) is 6.52. The minimum absolute atomic E-state index is 0.0938. The van der Waals surface area contributed by atoms with Crippen LogP contribution in [0.25, 0.3) is 0 Å². The number of carbonyl (C=O) groups excluding carboxylic acids is 1. The number of aliphatic carboxylic acids is 1. The summed E-state index contributed by atoms with van der Waals surface area (Å²) >= 11 is 0. The van der Waals surface area contributed by atoms with Crippen molar-refractivity contribution in [1.29, 1.82) is 0 Å². The van der Waals surface area contributed by atoms with E-state index in [2.05, 4.69) is 10.6 Å². The largest absolute Gasteiger partial charge is 0.478 e. The third kappa shape index (κ3) is 8.58. The molecule has 0 bridgehead atoms. The molecular formula is C9H16N2O3. The lowest BCUT2D eigenvalue weighted by Gasteiger charge is -2.06. The second-order valence-corrected chi connectivity index (χ2v) is 3.25. The molecule has 5 heteroatoms. The predicted octanol–water partition coefficient (Wildman–Crippen LogP) is -0.0535. The zero-order valence-electron chi connectivity index (χ0n) is 8.41. The molecule has 0 aromatic rings. The zero-order chi connectivity index (χ0) is 11.0. The van der Waals surface area contributed by atoms with Gasteiger partial charge in [0, 0.05) is 18.8 Å². The molecule has 0 saturated carbocycles. The van der Waals surface area contributed by atoms with Gasteiger partial charge >= 0.3 is 5.97 Å². The van der Waals surface area contributed by atoms with Crippen molar-refractivity contribution >= 4 is 11.9 Å². The molecule has 1 amide bonds. The number of nitrogens with one attached hydrogen (secondary N) is 2. The van der Waals surface area contributed by atoms with Gasteiger partial charge in [0.1, 0.15) is 0 Å². The van der Waals surface area contributed by atoms with Crippen molar-refractivity contribution in [2.45, 2.75) is 13.8 Å². The minimum Gasteiger partial charge on any atom is -0.478 e. The molecule has 0 saturated heterocycles. The van der Waals surface area contributed by atoms with E-state index in [0.29, 0.717) is 12.5 Å². The maximum Gasteiger partial charge on any atom is 0.329 e. The monoisotopic (exact) mass is 200 g/mol. The van der Waals surface area contributed by atoms with Gasteiger partial charge in [0.25, 0.3) is 0 Å². The van der Waals surface area contributed by atoms with Crippen LogP contribution in [0.1, 0.15) is 13.8 Å². The highest BCUT2D eigenvalue weighted by molar-refractivity contribution is 5.80. The Morgan fingerprint density at radius 2 is 2.07 bits per heavy atom. The minimum atomic E-state index is -1.04. The van der Waals surface area contributed by atoms with Crippen LogP contribution in [0.3, 0.4) is 0 Å². The number of carbonyl (C=O) groups is 2.